The second-order valence-electron chi connectivity index (χ2n) is 2.24. The highest BCUT2D eigenvalue weighted by Crippen LogP contribution is 2.16. The monoisotopic (exact) mass is 136 g/mol. The van der Waals surface area contributed by atoms with Crippen molar-refractivity contribution >= 4 is 0 Å². The van der Waals surface area contributed by atoms with Crippen molar-refractivity contribution in [2.75, 3.05) is 0 Å². The van der Waals surface area contributed by atoms with E-state index in [0.717, 1.165) is 0 Å². The molecule has 0 bridgehead atoms. The molecule has 0 aromatic carbocycles. The minimum Gasteiger partial charge on any atom is -0.487 e. The minimum absolute atomic E-state index is 0.0787. The molecule has 0 aromatic heterocycles. The SMILES string of the molecule is C1=CC2OC=COC2C=C1. The third-order valence-electron chi connectivity index (χ3n) is 1.56. The van der Waals surface area contributed by atoms with Crippen LogP contribution in [0.5, 0.6) is 0 Å². The Morgan fingerprint density at radius 2 is 1.30 bits per heavy atom. The maximum atomic E-state index is 5.24. The summed E-state index contributed by atoms with van der Waals surface area (Å²) < 4.78 is 10.5. The lowest BCUT2D eigenvalue weighted by atomic mass is 10.1. The maximum Gasteiger partial charge on any atom is 0.157 e. The van der Waals surface area contributed by atoms with E-state index in [1.807, 2.05) is 24.3 Å². The number of hydrogen-bond acceptors (Lipinski definition) is 2. The standard InChI is InChI=1S/C8H8O2/c1-2-4-8-7(3-1)9-5-6-10-8/h1-8H. The van der Waals surface area contributed by atoms with E-state index in [0.29, 0.717) is 0 Å². The lowest BCUT2D eigenvalue weighted by Crippen LogP contribution is -2.29. The summed E-state index contributed by atoms with van der Waals surface area (Å²) in [6, 6.07) is 0. The molecule has 0 N–H and O–H groups in total. The summed E-state index contributed by atoms with van der Waals surface area (Å²) in [6.45, 7) is 0. The lowest BCUT2D eigenvalue weighted by Gasteiger charge is -2.25. The van der Waals surface area contributed by atoms with Gasteiger partial charge in [-0.3, -0.25) is 0 Å². The average molecular weight is 136 g/mol. The summed E-state index contributed by atoms with van der Waals surface area (Å²) in [5.74, 6) is 0. The molecule has 0 saturated heterocycles. The van der Waals surface area contributed by atoms with Crippen molar-refractivity contribution in [1.29, 1.82) is 0 Å². The Hall–Kier alpha value is -1.18. The first-order chi connectivity index (χ1) is 4.97. The Balaban J connectivity index is 2.19. The van der Waals surface area contributed by atoms with Crippen molar-refractivity contribution in [3.8, 4) is 0 Å². The molecule has 0 amide bonds. The van der Waals surface area contributed by atoms with Crippen LogP contribution in [-0.4, -0.2) is 12.2 Å². The molecule has 52 valence electrons. The molecule has 0 saturated carbocycles. The largest absolute Gasteiger partial charge is 0.487 e. The Morgan fingerprint density at radius 3 is 1.80 bits per heavy atom. The highest BCUT2D eigenvalue weighted by atomic mass is 16.6. The van der Waals surface area contributed by atoms with Crippen molar-refractivity contribution in [2.24, 2.45) is 0 Å². The molecule has 0 fully saturated rings. The molecule has 1 heterocycles. The first-order valence-corrected chi connectivity index (χ1v) is 3.28. The maximum absolute atomic E-state index is 5.24. The molecule has 10 heavy (non-hydrogen) atoms. The Bertz CT molecular complexity index is 181. The van der Waals surface area contributed by atoms with Gasteiger partial charge in [-0.05, 0) is 12.2 Å². The highest BCUT2D eigenvalue weighted by Gasteiger charge is 2.21. The number of fused-ring (bicyclic) bond motifs is 1. The van der Waals surface area contributed by atoms with Gasteiger partial charge < -0.3 is 9.47 Å². The van der Waals surface area contributed by atoms with Crippen molar-refractivity contribution in [3.63, 3.8) is 0 Å². The molecule has 0 aromatic rings. The van der Waals surface area contributed by atoms with Gasteiger partial charge in [0.2, 0.25) is 0 Å². The van der Waals surface area contributed by atoms with Gasteiger partial charge >= 0.3 is 0 Å². The van der Waals surface area contributed by atoms with E-state index < -0.39 is 0 Å². The van der Waals surface area contributed by atoms with Gasteiger partial charge in [0, 0.05) is 0 Å². The van der Waals surface area contributed by atoms with Crippen molar-refractivity contribution in [1.82, 2.24) is 0 Å². The summed E-state index contributed by atoms with van der Waals surface area (Å²) in [5, 5.41) is 0. The Morgan fingerprint density at radius 1 is 0.800 bits per heavy atom. The fourth-order valence-corrected chi connectivity index (χ4v) is 1.06. The Labute approximate surface area is 59.4 Å². The zero-order chi connectivity index (χ0) is 6.81. The number of allylic oxidation sites excluding steroid dienone is 2. The van der Waals surface area contributed by atoms with Crippen LogP contribution < -0.4 is 0 Å². The molecule has 1 aliphatic heterocycles. The van der Waals surface area contributed by atoms with Crippen LogP contribution in [-0.2, 0) is 9.47 Å². The zero-order valence-corrected chi connectivity index (χ0v) is 5.44. The second-order valence-corrected chi connectivity index (χ2v) is 2.24. The summed E-state index contributed by atoms with van der Waals surface area (Å²) in [7, 11) is 0. The summed E-state index contributed by atoms with van der Waals surface area (Å²) >= 11 is 0. The summed E-state index contributed by atoms with van der Waals surface area (Å²) in [4.78, 5) is 0. The van der Waals surface area contributed by atoms with E-state index in [-0.39, 0.29) is 12.2 Å². The molecule has 0 spiro atoms. The fourth-order valence-electron chi connectivity index (χ4n) is 1.06. The van der Waals surface area contributed by atoms with Crippen LogP contribution >= 0.6 is 0 Å². The zero-order valence-electron chi connectivity index (χ0n) is 5.44. The fraction of sp³-hybridized carbons (Fsp3) is 0.250. The lowest BCUT2D eigenvalue weighted by molar-refractivity contribution is 0.0181. The van der Waals surface area contributed by atoms with Gasteiger partial charge in [0.15, 0.2) is 12.2 Å². The normalized spacial score (nSPS) is 34.4. The van der Waals surface area contributed by atoms with Crippen LogP contribution in [0, 0.1) is 0 Å². The molecule has 2 rings (SSSR count). The molecule has 0 radical (unpaired) electrons. The molecule has 2 atom stereocenters. The van der Waals surface area contributed by atoms with Crippen LogP contribution in [0.15, 0.2) is 36.8 Å². The van der Waals surface area contributed by atoms with Crippen LogP contribution in [0.1, 0.15) is 0 Å². The van der Waals surface area contributed by atoms with Crippen LogP contribution in [0.2, 0.25) is 0 Å². The summed E-state index contributed by atoms with van der Waals surface area (Å²) in [6.07, 6.45) is 11.2. The molecule has 1 aliphatic carbocycles. The predicted octanol–water partition coefficient (Wildman–Crippen LogP) is 1.37. The molecule has 2 heteroatoms. The van der Waals surface area contributed by atoms with Gasteiger partial charge in [0.1, 0.15) is 12.5 Å². The van der Waals surface area contributed by atoms with E-state index in [1.54, 1.807) is 12.5 Å². The Kier molecular flexibility index (Phi) is 1.24. The first-order valence-electron chi connectivity index (χ1n) is 3.28. The minimum atomic E-state index is 0.0787. The average Bonchev–Trinajstić information content (AvgIpc) is 2.05. The predicted molar refractivity (Wildman–Crippen MR) is 37.2 cm³/mol. The van der Waals surface area contributed by atoms with Gasteiger partial charge in [-0.2, -0.15) is 0 Å². The van der Waals surface area contributed by atoms with Gasteiger partial charge in [0.25, 0.3) is 0 Å². The third-order valence-corrected chi connectivity index (χ3v) is 1.56. The molecular formula is C8H8O2. The van der Waals surface area contributed by atoms with Gasteiger partial charge in [-0.15, -0.1) is 0 Å². The second kappa shape index (κ2) is 2.21. The van der Waals surface area contributed by atoms with Crippen LogP contribution in [0.25, 0.3) is 0 Å². The van der Waals surface area contributed by atoms with E-state index >= 15 is 0 Å². The number of rotatable bonds is 0. The van der Waals surface area contributed by atoms with Crippen LogP contribution in [0.3, 0.4) is 0 Å². The molecule has 2 aliphatic rings. The van der Waals surface area contributed by atoms with Crippen molar-refractivity contribution < 1.29 is 9.47 Å². The van der Waals surface area contributed by atoms with Gasteiger partial charge in [-0.1, -0.05) is 12.2 Å². The number of ether oxygens (including phenoxy) is 2. The van der Waals surface area contributed by atoms with E-state index in [1.165, 1.54) is 0 Å². The number of hydrogen-bond donors (Lipinski definition) is 0. The van der Waals surface area contributed by atoms with E-state index in [4.69, 9.17) is 9.47 Å². The van der Waals surface area contributed by atoms with Gasteiger partial charge in [-0.25, -0.2) is 0 Å². The van der Waals surface area contributed by atoms with Crippen LogP contribution in [0.4, 0.5) is 0 Å². The molecule has 2 nitrogen and oxygen atoms in total. The van der Waals surface area contributed by atoms with Crippen molar-refractivity contribution in [2.45, 2.75) is 12.2 Å². The van der Waals surface area contributed by atoms with E-state index in [9.17, 15) is 0 Å². The van der Waals surface area contributed by atoms with E-state index in [2.05, 4.69) is 0 Å². The smallest absolute Gasteiger partial charge is 0.157 e. The molecular weight excluding hydrogens is 128 g/mol. The quantitative estimate of drug-likeness (QED) is 0.500. The van der Waals surface area contributed by atoms with Gasteiger partial charge in [0.05, 0.1) is 0 Å². The first kappa shape index (κ1) is 5.59. The van der Waals surface area contributed by atoms with Crippen molar-refractivity contribution in [3.05, 3.63) is 36.8 Å². The third kappa shape index (κ3) is 0.817. The highest BCUT2D eigenvalue weighted by molar-refractivity contribution is 5.18. The topological polar surface area (TPSA) is 18.5 Å². The molecule has 2 unspecified atom stereocenters. The summed E-state index contributed by atoms with van der Waals surface area (Å²) in [5.41, 5.74) is 0.